The molecule has 3 aromatic rings. The first kappa shape index (κ1) is 19.0. The Hall–Kier alpha value is -2.79. The van der Waals surface area contributed by atoms with Gasteiger partial charge in [0.05, 0.1) is 12.2 Å². The third kappa shape index (κ3) is 4.89. The van der Waals surface area contributed by atoms with E-state index in [9.17, 15) is 9.90 Å². The second-order valence-corrected chi connectivity index (χ2v) is 7.03. The molecule has 5 nitrogen and oxygen atoms in total. The number of hydrogen-bond donors (Lipinski definition) is 1. The van der Waals surface area contributed by atoms with Crippen LogP contribution in [0.4, 0.5) is 0 Å². The van der Waals surface area contributed by atoms with Crippen molar-refractivity contribution in [2.75, 3.05) is 7.05 Å². The molecule has 140 valence electrons. The van der Waals surface area contributed by atoms with Gasteiger partial charge in [-0.2, -0.15) is 0 Å². The lowest BCUT2D eigenvalue weighted by Crippen LogP contribution is -2.27. The second-order valence-electron chi connectivity index (χ2n) is 6.59. The number of nitrogens with zero attached hydrogens (tertiary/aromatic N) is 2. The Bertz CT molecular complexity index is 893. The van der Waals surface area contributed by atoms with Crippen molar-refractivity contribution in [3.8, 4) is 5.75 Å². The molecule has 0 aliphatic rings. The van der Waals surface area contributed by atoms with Crippen LogP contribution in [0.5, 0.6) is 5.75 Å². The minimum absolute atomic E-state index is 0.0441. The van der Waals surface area contributed by atoms with Gasteiger partial charge in [-0.05, 0) is 42.3 Å². The van der Waals surface area contributed by atoms with Crippen LogP contribution in [-0.4, -0.2) is 28.1 Å². The van der Waals surface area contributed by atoms with Gasteiger partial charge in [0.2, 0.25) is 5.91 Å². The first-order valence-electron chi connectivity index (χ1n) is 8.63. The minimum Gasteiger partial charge on any atom is -0.508 e. The highest BCUT2D eigenvalue weighted by molar-refractivity contribution is 6.30. The molecular weight excluding hydrogens is 364 g/mol. The van der Waals surface area contributed by atoms with Crippen molar-refractivity contribution in [1.82, 2.24) is 10.1 Å². The summed E-state index contributed by atoms with van der Waals surface area (Å²) in [5, 5.41) is 14.3. The Kier molecular flexibility index (Phi) is 5.81. The van der Waals surface area contributed by atoms with Gasteiger partial charge >= 0.3 is 0 Å². The number of carbonyl (C=O) groups is 1. The largest absolute Gasteiger partial charge is 0.508 e. The van der Waals surface area contributed by atoms with E-state index in [1.54, 1.807) is 36.2 Å². The summed E-state index contributed by atoms with van der Waals surface area (Å²) < 4.78 is 5.20. The molecule has 3 rings (SSSR count). The SMILES string of the molecule is Cc1cc(CN(C)C(=O)CC(c2cccc(O)c2)c2cccc(Cl)c2)on1. The molecule has 1 heterocycles. The van der Waals surface area contributed by atoms with Crippen molar-refractivity contribution in [3.05, 3.63) is 82.2 Å². The highest BCUT2D eigenvalue weighted by atomic mass is 35.5. The molecule has 2 aromatic carbocycles. The molecule has 1 amide bonds. The van der Waals surface area contributed by atoms with Crippen LogP contribution < -0.4 is 0 Å². The number of aromatic hydroxyl groups is 1. The van der Waals surface area contributed by atoms with E-state index in [2.05, 4.69) is 5.16 Å². The molecule has 1 aromatic heterocycles. The van der Waals surface area contributed by atoms with Crippen molar-refractivity contribution in [3.63, 3.8) is 0 Å². The average molecular weight is 385 g/mol. The third-order valence-corrected chi connectivity index (χ3v) is 4.63. The van der Waals surface area contributed by atoms with Gasteiger partial charge in [0, 0.05) is 30.5 Å². The number of rotatable bonds is 6. The fraction of sp³-hybridized carbons (Fsp3) is 0.238. The summed E-state index contributed by atoms with van der Waals surface area (Å²) in [5.74, 6) is 0.539. The van der Waals surface area contributed by atoms with Gasteiger partial charge in [-0.25, -0.2) is 0 Å². The zero-order valence-electron chi connectivity index (χ0n) is 15.2. The summed E-state index contributed by atoms with van der Waals surface area (Å²) in [4.78, 5) is 14.5. The molecule has 0 spiro atoms. The molecule has 0 bridgehead atoms. The van der Waals surface area contributed by atoms with Gasteiger partial charge in [-0.15, -0.1) is 0 Å². The summed E-state index contributed by atoms with van der Waals surface area (Å²) in [7, 11) is 1.73. The number of aromatic nitrogens is 1. The lowest BCUT2D eigenvalue weighted by molar-refractivity contribution is -0.130. The number of benzene rings is 2. The van der Waals surface area contributed by atoms with E-state index in [1.807, 2.05) is 37.3 Å². The zero-order valence-corrected chi connectivity index (χ0v) is 16.0. The van der Waals surface area contributed by atoms with Crippen LogP contribution in [0.2, 0.25) is 5.02 Å². The van der Waals surface area contributed by atoms with Crippen molar-refractivity contribution in [1.29, 1.82) is 0 Å². The second kappa shape index (κ2) is 8.27. The van der Waals surface area contributed by atoms with E-state index < -0.39 is 0 Å². The molecule has 0 aliphatic heterocycles. The molecule has 1 N–H and O–H groups in total. The van der Waals surface area contributed by atoms with Crippen LogP contribution in [0.1, 0.15) is 34.9 Å². The van der Waals surface area contributed by atoms with E-state index in [-0.39, 0.29) is 24.0 Å². The number of phenolic OH excluding ortho intramolecular Hbond substituents is 1. The number of aryl methyl sites for hydroxylation is 1. The van der Waals surface area contributed by atoms with E-state index in [0.29, 0.717) is 17.3 Å². The number of carbonyl (C=O) groups excluding carboxylic acids is 1. The molecule has 27 heavy (non-hydrogen) atoms. The number of halogens is 1. The van der Waals surface area contributed by atoms with Crippen molar-refractivity contribution < 1.29 is 14.4 Å². The van der Waals surface area contributed by atoms with Crippen LogP contribution in [-0.2, 0) is 11.3 Å². The Morgan fingerprint density at radius 3 is 2.52 bits per heavy atom. The minimum atomic E-state index is -0.220. The number of amides is 1. The van der Waals surface area contributed by atoms with Gasteiger partial charge in [-0.3, -0.25) is 4.79 Å². The molecule has 0 radical (unpaired) electrons. The van der Waals surface area contributed by atoms with Gasteiger partial charge in [0.1, 0.15) is 5.75 Å². The Balaban J connectivity index is 1.83. The maximum Gasteiger partial charge on any atom is 0.223 e. The van der Waals surface area contributed by atoms with Crippen molar-refractivity contribution >= 4 is 17.5 Å². The van der Waals surface area contributed by atoms with Crippen LogP contribution in [0.3, 0.4) is 0 Å². The van der Waals surface area contributed by atoms with E-state index in [0.717, 1.165) is 16.8 Å². The average Bonchev–Trinajstić information content (AvgIpc) is 3.04. The maximum atomic E-state index is 12.8. The van der Waals surface area contributed by atoms with Crippen LogP contribution >= 0.6 is 11.6 Å². The first-order chi connectivity index (χ1) is 12.9. The lowest BCUT2D eigenvalue weighted by atomic mass is 9.88. The summed E-state index contributed by atoms with van der Waals surface area (Å²) in [5.41, 5.74) is 2.56. The number of hydrogen-bond acceptors (Lipinski definition) is 4. The summed E-state index contributed by atoms with van der Waals surface area (Å²) in [6, 6.07) is 16.2. The third-order valence-electron chi connectivity index (χ3n) is 4.40. The monoisotopic (exact) mass is 384 g/mol. The zero-order chi connectivity index (χ0) is 19.4. The predicted octanol–water partition coefficient (Wildman–Crippen LogP) is 4.52. The van der Waals surface area contributed by atoms with Crippen molar-refractivity contribution in [2.45, 2.75) is 25.8 Å². The molecule has 6 heteroatoms. The molecule has 1 unspecified atom stereocenters. The van der Waals surface area contributed by atoms with E-state index in [4.69, 9.17) is 16.1 Å². The normalized spacial score (nSPS) is 12.0. The van der Waals surface area contributed by atoms with Gasteiger partial charge in [0.15, 0.2) is 5.76 Å². The van der Waals surface area contributed by atoms with Crippen molar-refractivity contribution in [2.24, 2.45) is 0 Å². The fourth-order valence-corrected chi connectivity index (χ4v) is 3.23. The molecule has 0 aliphatic carbocycles. The van der Waals surface area contributed by atoms with Gasteiger partial charge in [-0.1, -0.05) is 41.0 Å². The predicted molar refractivity (Wildman–Crippen MR) is 104 cm³/mol. The molecule has 1 atom stereocenters. The lowest BCUT2D eigenvalue weighted by Gasteiger charge is -2.22. The Morgan fingerprint density at radius 1 is 1.19 bits per heavy atom. The molecular formula is C21H21ClN2O3. The summed E-state index contributed by atoms with van der Waals surface area (Å²) in [6.45, 7) is 2.19. The van der Waals surface area contributed by atoms with Crippen LogP contribution in [0, 0.1) is 6.92 Å². The summed E-state index contributed by atoms with van der Waals surface area (Å²) in [6.07, 6.45) is 0.243. The standard InChI is InChI=1S/C21H21ClN2O3/c1-14-9-19(27-23-14)13-24(2)21(26)12-20(15-5-3-7-17(22)10-15)16-6-4-8-18(25)11-16/h3-11,20,25H,12-13H2,1-2H3. The van der Waals surface area contributed by atoms with Crippen LogP contribution in [0.15, 0.2) is 59.1 Å². The van der Waals surface area contributed by atoms with E-state index in [1.165, 1.54) is 0 Å². The van der Waals surface area contributed by atoms with Gasteiger partial charge in [0.25, 0.3) is 0 Å². The Labute approximate surface area is 163 Å². The van der Waals surface area contributed by atoms with E-state index >= 15 is 0 Å². The highest BCUT2D eigenvalue weighted by Crippen LogP contribution is 2.32. The maximum absolute atomic E-state index is 12.8. The topological polar surface area (TPSA) is 66.6 Å². The quantitative estimate of drug-likeness (QED) is 0.678. The molecule has 0 saturated carbocycles. The smallest absolute Gasteiger partial charge is 0.223 e. The van der Waals surface area contributed by atoms with Gasteiger partial charge < -0.3 is 14.5 Å². The fourth-order valence-electron chi connectivity index (χ4n) is 3.04. The Morgan fingerprint density at radius 2 is 1.89 bits per heavy atom. The molecule has 0 saturated heterocycles. The molecule has 0 fully saturated rings. The van der Waals surface area contributed by atoms with Crippen LogP contribution in [0.25, 0.3) is 0 Å². The highest BCUT2D eigenvalue weighted by Gasteiger charge is 2.22. The first-order valence-corrected chi connectivity index (χ1v) is 9.00. The summed E-state index contributed by atoms with van der Waals surface area (Å²) >= 11 is 6.15. The number of phenols is 1.